The van der Waals surface area contributed by atoms with Crippen molar-refractivity contribution in [3.05, 3.63) is 41.6 Å². The van der Waals surface area contributed by atoms with Gasteiger partial charge in [0.05, 0.1) is 18.7 Å². The Morgan fingerprint density at radius 2 is 1.95 bits per heavy atom. The van der Waals surface area contributed by atoms with E-state index in [2.05, 4.69) is 5.32 Å². The summed E-state index contributed by atoms with van der Waals surface area (Å²) in [6.07, 6.45) is -3.51. The summed E-state index contributed by atoms with van der Waals surface area (Å²) in [5.41, 5.74) is -0.951. The number of amides is 2. The van der Waals surface area contributed by atoms with Crippen LogP contribution in [0.3, 0.4) is 0 Å². The molecule has 112 valence electrons. The van der Waals surface area contributed by atoms with Crippen molar-refractivity contribution >= 4 is 17.5 Å². The van der Waals surface area contributed by atoms with Crippen LogP contribution >= 0.6 is 0 Å². The molecule has 8 heteroatoms. The number of benzene rings is 1. The SMILES string of the molecule is O=C1C=C(Nc2cccc(C(F)(F)F)c2)C(=O)N1CCO. The van der Waals surface area contributed by atoms with Gasteiger partial charge in [-0.1, -0.05) is 6.07 Å². The molecular weight excluding hydrogens is 289 g/mol. The molecule has 0 aliphatic carbocycles. The second-order valence-electron chi connectivity index (χ2n) is 4.28. The van der Waals surface area contributed by atoms with Gasteiger partial charge in [0.25, 0.3) is 11.8 Å². The molecule has 0 fully saturated rings. The number of carbonyl (C=O) groups is 2. The van der Waals surface area contributed by atoms with E-state index in [1.807, 2.05) is 0 Å². The van der Waals surface area contributed by atoms with Crippen molar-refractivity contribution < 1.29 is 27.9 Å². The van der Waals surface area contributed by atoms with Gasteiger partial charge in [0.15, 0.2) is 0 Å². The predicted octanol–water partition coefficient (Wildman–Crippen LogP) is 1.36. The summed E-state index contributed by atoms with van der Waals surface area (Å²) in [4.78, 5) is 24.1. The van der Waals surface area contributed by atoms with E-state index >= 15 is 0 Å². The lowest BCUT2D eigenvalue weighted by Gasteiger charge is -2.14. The van der Waals surface area contributed by atoms with Gasteiger partial charge in [0.2, 0.25) is 0 Å². The first-order valence-corrected chi connectivity index (χ1v) is 5.95. The zero-order chi connectivity index (χ0) is 15.6. The molecule has 5 nitrogen and oxygen atoms in total. The van der Waals surface area contributed by atoms with Gasteiger partial charge in [0, 0.05) is 11.8 Å². The fourth-order valence-corrected chi connectivity index (χ4v) is 1.84. The van der Waals surface area contributed by atoms with E-state index in [4.69, 9.17) is 5.11 Å². The molecule has 1 aromatic carbocycles. The number of nitrogens with zero attached hydrogens (tertiary/aromatic N) is 1. The highest BCUT2D eigenvalue weighted by molar-refractivity contribution is 6.17. The summed E-state index contributed by atoms with van der Waals surface area (Å²) in [5.74, 6) is -1.31. The molecular formula is C13H11F3N2O3. The van der Waals surface area contributed by atoms with Crippen LogP contribution in [-0.4, -0.2) is 35.0 Å². The number of hydrogen-bond acceptors (Lipinski definition) is 4. The van der Waals surface area contributed by atoms with Crippen molar-refractivity contribution in [1.29, 1.82) is 0 Å². The number of β-amino-alcohol motifs (C(OH)–C–C–N with tert-alkyl or cyclic N) is 1. The molecule has 1 heterocycles. The minimum absolute atomic E-state index is 0.0445. The van der Waals surface area contributed by atoms with Crippen LogP contribution in [0.25, 0.3) is 0 Å². The lowest BCUT2D eigenvalue weighted by molar-refractivity contribution is -0.138. The van der Waals surface area contributed by atoms with Crippen LogP contribution in [0.1, 0.15) is 5.56 Å². The minimum atomic E-state index is -4.50. The predicted molar refractivity (Wildman–Crippen MR) is 67.0 cm³/mol. The summed E-state index contributed by atoms with van der Waals surface area (Å²) < 4.78 is 37.7. The second kappa shape index (κ2) is 5.57. The van der Waals surface area contributed by atoms with Crippen LogP contribution < -0.4 is 5.32 Å². The first-order chi connectivity index (χ1) is 9.82. The first kappa shape index (κ1) is 15.0. The number of halogens is 3. The van der Waals surface area contributed by atoms with Gasteiger partial charge in [-0.05, 0) is 18.2 Å². The van der Waals surface area contributed by atoms with Crippen LogP contribution in [0.5, 0.6) is 0 Å². The summed E-state index contributed by atoms with van der Waals surface area (Å²) in [5, 5.41) is 11.2. The number of nitrogens with one attached hydrogen (secondary N) is 1. The molecule has 1 aliphatic rings. The van der Waals surface area contributed by atoms with Gasteiger partial charge < -0.3 is 10.4 Å². The van der Waals surface area contributed by atoms with Crippen LogP contribution in [-0.2, 0) is 15.8 Å². The third-order valence-corrected chi connectivity index (χ3v) is 2.80. The molecule has 0 bridgehead atoms. The van der Waals surface area contributed by atoms with E-state index in [0.717, 1.165) is 23.1 Å². The largest absolute Gasteiger partial charge is 0.416 e. The van der Waals surface area contributed by atoms with Gasteiger partial charge in [-0.15, -0.1) is 0 Å². The Kier molecular flexibility index (Phi) is 3.99. The number of anilines is 1. The topological polar surface area (TPSA) is 69.6 Å². The van der Waals surface area contributed by atoms with Crippen LogP contribution in [0, 0.1) is 0 Å². The highest BCUT2D eigenvalue weighted by Crippen LogP contribution is 2.31. The Hall–Kier alpha value is -2.35. The average molecular weight is 300 g/mol. The summed E-state index contributed by atoms with van der Waals surface area (Å²) in [6.45, 7) is -0.551. The van der Waals surface area contributed by atoms with E-state index in [1.54, 1.807) is 0 Å². The highest BCUT2D eigenvalue weighted by Gasteiger charge is 2.32. The molecule has 2 amide bonds. The smallest absolute Gasteiger partial charge is 0.395 e. The van der Waals surface area contributed by atoms with Crippen LogP contribution in [0.15, 0.2) is 36.0 Å². The van der Waals surface area contributed by atoms with E-state index in [9.17, 15) is 22.8 Å². The molecule has 0 saturated heterocycles. The molecule has 1 aromatic rings. The Bertz CT molecular complexity index is 611. The second-order valence-corrected chi connectivity index (χ2v) is 4.28. The van der Waals surface area contributed by atoms with E-state index < -0.39 is 23.6 Å². The minimum Gasteiger partial charge on any atom is -0.395 e. The van der Waals surface area contributed by atoms with Gasteiger partial charge in [-0.25, -0.2) is 0 Å². The Morgan fingerprint density at radius 3 is 2.57 bits per heavy atom. The number of hydrogen-bond donors (Lipinski definition) is 2. The Balaban J connectivity index is 2.18. The zero-order valence-corrected chi connectivity index (χ0v) is 10.6. The molecule has 2 rings (SSSR count). The van der Waals surface area contributed by atoms with Crippen molar-refractivity contribution in [2.45, 2.75) is 6.18 Å². The molecule has 0 unspecified atom stereocenters. The number of aliphatic hydroxyl groups is 1. The fourth-order valence-electron chi connectivity index (χ4n) is 1.84. The molecule has 2 N–H and O–H groups in total. The van der Waals surface area contributed by atoms with E-state index in [0.29, 0.717) is 0 Å². The molecule has 0 aromatic heterocycles. The molecule has 0 spiro atoms. The number of imide groups is 1. The van der Waals surface area contributed by atoms with Crippen molar-refractivity contribution in [3.63, 3.8) is 0 Å². The van der Waals surface area contributed by atoms with Crippen LogP contribution in [0.4, 0.5) is 18.9 Å². The summed E-state index contributed by atoms with van der Waals surface area (Å²) >= 11 is 0. The zero-order valence-electron chi connectivity index (χ0n) is 10.6. The number of alkyl halides is 3. The van der Waals surface area contributed by atoms with Crippen molar-refractivity contribution in [2.75, 3.05) is 18.5 Å². The van der Waals surface area contributed by atoms with Crippen molar-refractivity contribution in [3.8, 4) is 0 Å². The van der Waals surface area contributed by atoms with Gasteiger partial charge in [0.1, 0.15) is 5.70 Å². The maximum absolute atomic E-state index is 12.6. The molecule has 1 aliphatic heterocycles. The highest BCUT2D eigenvalue weighted by atomic mass is 19.4. The van der Waals surface area contributed by atoms with E-state index in [-0.39, 0.29) is 24.5 Å². The third kappa shape index (κ3) is 3.22. The summed E-state index contributed by atoms with van der Waals surface area (Å²) in [6, 6.07) is 4.29. The maximum atomic E-state index is 12.6. The quantitative estimate of drug-likeness (QED) is 0.824. The standard InChI is InChI=1S/C13H11F3N2O3/c14-13(15,16)8-2-1-3-9(6-8)17-10-7-11(20)18(4-5-19)12(10)21/h1-3,6-7,17,19H,4-5H2. The Morgan fingerprint density at radius 1 is 1.24 bits per heavy atom. The van der Waals surface area contributed by atoms with Crippen molar-refractivity contribution in [2.24, 2.45) is 0 Å². The fraction of sp³-hybridized carbons (Fsp3) is 0.231. The molecule has 0 atom stereocenters. The maximum Gasteiger partial charge on any atom is 0.416 e. The number of rotatable bonds is 4. The third-order valence-electron chi connectivity index (χ3n) is 2.80. The normalized spacial score (nSPS) is 15.4. The average Bonchev–Trinajstić information content (AvgIpc) is 2.66. The number of aliphatic hydroxyl groups excluding tert-OH is 1. The first-order valence-electron chi connectivity index (χ1n) is 5.95. The van der Waals surface area contributed by atoms with Gasteiger partial charge in [-0.2, -0.15) is 13.2 Å². The van der Waals surface area contributed by atoms with Crippen LogP contribution in [0.2, 0.25) is 0 Å². The van der Waals surface area contributed by atoms with Gasteiger partial charge in [-0.3, -0.25) is 14.5 Å². The molecule has 21 heavy (non-hydrogen) atoms. The van der Waals surface area contributed by atoms with E-state index in [1.165, 1.54) is 12.1 Å². The molecule has 0 radical (unpaired) electrons. The lowest BCUT2D eigenvalue weighted by atomic mass is 10.2. The van der Waals surface area contributed by atoms with Crippen molar-refractivity contribution in [1.82, 2.24) is 4.90 Å². The molecule has 0 saturated carbocycles. The lowest BCUT2D eigenvalue weighted by Crippen LogP contribution is -2.34. The Labute approximate surface area is 117 Å². The van der Waals surface area contributed by atoms with Gasteiger partial charge >= 0.3 is 6.18 Å². The monoisotopic (exact) mass is 300 g/mol. The number of carbonyl (C=O) groups excluding carboxylic acids is 2. The summed E-state index contributed by atoms with van der Waals surface area (Å²) in [7, 11) is 0.